The summed E-state index contributed by atoms with van der Waals surface area (Å²) in [5.41, 5.74) is 0.585. The average Bonchev–Trinajstić information content (AvgIpc) is 2.66. The van der Waals surface area contributed by atoms with Gasteiger partial charge < -0.3 is 9.47 Å². The van der Waals surface area contributed by atoms with Crippen molar-refractivity contribution in [1.82, 2.24) is 0 Å². The average molecular weight is 198 g/mol. The van der Waals surface area contributed by atoms with E-state index in [4.69, 9.17) is 4.74 Å². The molecule has 0 aromatic heterocycles. The molecule has 0 unspecified atom stereocenters. The van der Waals surface area contributed by atoms with E-state index in [1.165, 1.54) is 7.11 Å². The van der Waals surface area contributed by atoms with Crippen molar-refractivity contribution in [2.45, 2.75) is 19.8 Å². The monoisotopic (exact) mass is 198 g/mol. The van der Waals surface area contributed by atoms with Crippen molar-refractivity contribution < 1.29 is 19.1 Å². The molecule has 0 aromatic rings. The lowest BCUT2D eigenvalue weighted by Crippen LogP contribution is -2.15. The summed E-state index contributed by atoms with van der Waals surface area (Å²) < 4.78 is 9.43. The van der Waals surface area contributed by atoms with E-state index in [1.54, 1.807) is 13.0 Å². The van der Waals surface area contributed by atoms with Gasteiger partial charge in [0.05, 0.1) is 19.6 Å². The number of hydrogen-bond acceptors (Lipinski definition) is 4. The summed E-state index contributed by atoms with van der Waals surface area (Å²) in [6, 6.07) is 0. The van der Waals surface area contributed by atoms with Crippen molar-refractivity contribution in [2.75, 3.05) is 13.7 Å². The van der Waals surface area contributed by atoms with Crippen LogP contribution < -0.4 is 0 Å². The van der Waals surface area contributed by atoms with Crippen LogP contribution in [0.5, 0.6) is 0 Å². The Morgan fingerprint density at radius 1 is 1.57 bits per heavy atom. The number of rotatable bonds is 3. The van der Waals surface area contributed by atoms with Crippen LogP contribution in [0.25, 0.3) is 0 Å². The Morgan fingerprint density at radius 3 is 2.86 bits per heavy atom. The molecule has 0 aromatic carbocycles. The van der Waals surface area contributed by atoms with Crippen LogP contribution >= 0.6 is 0 Å². The van der Waals surface area contributed by atoms with Gasteiger partial charge in [-0.05, 0) is 19.8 Å². The number of carbonyl (C=O) groups excluding carboxylic acids is 2. The largest absolute Gasteiger partial charge is 0.469 e. The Kier molecular flexibility index (Phi) is 3.68. The zero-order chi connectivity index (χ0) is 10.6. The van der Waals surface area contributed by atoms with Gasteiger partial charge in [-0.3, -0.25) is 4.79 Å². The Labute approximate surface area is 82.9 Å². The molecule has 1 rings (SSSR count). The number of ether oxygens (including phenoxy) is 2. The predicted octanol–water partition coefficient (Wildman–Crippen LogP) is 1.06. The maximum Gasteiger partial charge on any atom is 0.333 e. The molecule has 0 saturated carbocycles. The molecule has 0 bridgehead atoms. The van der Waals surface area contributed by atoms with Crippen molar-refractivity contribution in [3.05, 3.63) is 11.6 Å². The van der Waals surface area contributed by atoms with E-state index in [0.717, 1.165) is 0 Å². The van der Waals surface area contributed by atoms with Gasteiger partial charge in [-0.2, -0.15) is 0 Å². The van der Waals surface area contributed by atoms with Gasteiger partial charge in [-0.15, -0.1) is 0 Å². The molecule has 1 atom stereocenters. The lowest BCUT2D eigenvalue weighted by atomic mass is 10.1. The number of carbonyl (C=O) groups is 2. The van der Waals surface area contributed by atoms with Gasteiger partial charge >= 0.3 is 11.9 Å². The summed E-state index contributed by atoms with van der Waals surface area (Å²) >= 11 is 0. The molecule has 4 nitrogen and oxygen atoms in total. The summed E-state index contributed by atoms with van der Waals surface area (Å²) in [6.45, 7) is 2.12. The van der Waals surface area contributed by atoms with Crippen molar-refractivity contribution in [1.29, 1.82) is 0 Å². The molecule has 78 valence electrons. The van der Waals surface area contributed by atoms with Crippen molar-refractivity contribution >= 4 is 11.9 Å². The molecule has 0 amide bonds. The van der Waals surface area contributed by atoms with Gasteiger partial charge in [0.1, 0.15) is 0 Å². The Balaban J connectivity index is 2.47. The van der Waals surface area contributed by atoms with Gasteiger partial charge in [-0.1, -0.05) is 6.08 Å². The van der Waals surface area contributed by atoms with Gasteiger partial charge in [0.15, 0.2) is 0 Å². The quantitative estimate of drug-likeness (QED) is 0.636. The maximum absolute atomic E-state index is 11.3. The number of esters is 2. The van der Waals surface area contributed by atoms with Crippen LogP contribution in [0.15, 0.2) is 11.6 Å². The molecule has 0 saturated heterocycles. The molecule has 0 spiro atoms. The fraction of sp³-hybridized carbons (Fsp3) is 0.600. The van der Waals surface area contributed by atoms with Crippen LogP contribution in [-0.2, 0) is 19.1 Å². The van der Waals surface area contributed by atoms with Gasteiger partial charge in [0, 0.05) is 5.57 Å². The molecule has 0 N–H and O–H groups in total. The zero-order valence-corrected chi connectivity index (χ0v) is 8.41. The highest BCUT2D eigenvalue weighted by atomic mass is 16.5. The van der Waals surface area contributed by atoms with Crippen LogP contribution in [0.4, 0.5) is 0 Å². The standard InChI is InChI=1S/C10H14O4/c1-3-14-10(12)8-5-4-7(6-8)9(11)13-2/h5,7H,3-4,6H2,1-2H3/t7-/m1/s1. The lowest BCUT2D eigenvalue weighted by Gasteiger charge is -2.06. The van der Waals surface area contributed by atoms with Gasteiger partial charge in [0.25, 0.3) is 0 Å². The van der Waals surface area contributed by atoms with E-state index in [-0.39, 0.29) is 17.9 Å². The topological polar surface area (TPSA) is 52.6 Å². The molecule has 1 aliphatic carbocycles. The third-order valence-electron chi connectivity index (χ3n) is 2.19. The molecule has 4 heteroatoms. The minimum atomic E-state index is -0.320. The van der Waals surface area contributed by atoms with Crippen LogP contribution in [0, 0.1) is 5.92 Å². The fourth-order valence-electron chi connectivity index (χ4n) is 1.45. The summed E-state index contributed by atoms with van der Waals surface area (Å²) in [5, 5.41) is 0. The second kappa shape index (κ2) is 4.79. The molecule has 0 fully saturated rings. The summed E-state index contributed by atoms with van der Waals surface area (Å²) in [5.74, 6) is -0.793. The van der Waals surface area contributed by atoms with E-state index >= 15 is 0 Å². The van der Waals surface area contributed by atoms with Crippen molar-refractivity contribution in [3.63, 3.8) is 0 Å². The SMILES string of the molecule is CCOC(=O)C1=CC[C@@H](C(=O)OC)C1. The molecule has 0 radical (unpaired) electrons. The highest BCUT2D eigenvalue weighted by Crippen LogP contribution is 2.26. The number of allylic oxidation sites excluding steroid dienone is 1. The van der Waals surface area contributed by atoms with Crippen molar-refractivity contribution in [3.8, 4) is 0 Å². The molecule has 0 heterocycles. The minimum Gasteiger partial charge on any atom is -0.469 e. The predicted molar refractivity (Wildman–Crippen MR) is 49.5 cm³/mol. The van der Waals surface area contributed by atoms with Crippen molar-refractivity contribution in [2.24, 2.45) is 5.92 Å². The third-order valence-corrected chi connectivity index (χ3v) is 2.19. The highest BCUT2D eigenvalue weighted by molar-refractivity contribution is 5.90. The van der Waals surface area contributed by atoms with E-state index in [2.05, 4.69) is 4.74 Å². The Hall–Kier alpha value is -1.32. The lowest BCUT2D eigenvalue weighted by molar-refractivity contribution is -0.145. The molecule has 1 aliphatic rings. The second-order valence-electron chi connectivity index (χ2n) is 3.11. The van der Waals surface area contributed by atoms with Crippen LogP contribution in [0.2, 0.25) is 0 Å². The molecular weight excluding hydrogens is 184 g/mol. The first-order chi connectivity index (χ1) is 6.69. The first kappa shape index (κ1) is 10.8. The van der Waals surface area contributed by atoms with Gasteiger partial charge in [0.2, 0.25) is 0 Å². The smallest absolute Gasteiger partial charge is 0.333 e. The van der Waals surface area contributed by atoms with E-state index in [0.29, 0.717) is 25.0 Å². The minimum absolute atomic E-state index is 0.209. The molecule has 0 aliphatic heterocycles. The summed E-state index contributed by atoms with van der Waals surface area (Å²) in [6.07, 6.45) is 2.76. The van der Waals surface area contributed by atoms with Crippen LogP contribution in [0.3, 0.4) is 0 Å². The fourth-order valence-corrected chi connectivity index (χ4v) is 1.45. The van der Waals surface area contributed by atoms with Crippen LogP contribution in [0.1, 0.15) is 19.8 Å². The number of hydrogen-bond donors (Lipinski definition) is 0. The van der Waals surface area contributed by atoms with E-state index in [1.807, 2.05) is 0 Å². The first-order valence-corrected chi connectivity index (χ1v) is 4.63. The second-order valence-corrected chi connectivity index (χ2v) is 3.11. The van der Waals surface area contributed by atoms with Crippen LogP contribution in [-0.4, -0.2) is 25.7 Å². The number of methoxy groups -OCH3 is 1. The molecule has 14 heavy (non-hydrogen) atoms. The Morgan fingerprint density at radius 2 is 2.29 bits per heavy atom. The summed E-state index contributed by atoms with van der Waals surface area (Å²) in [7, 11) is 1.35. The molecular formula is C10H14O4. The van der Waals surface area contributed by atoms with E-state index < -0.39 is 0 Å². The van der Waals surface area contributed by atoms with Gasteiger partial charge in [-0.25, -0.2) is 4.79 Å². The highest BCUT2D eigenvalue weighted by Gasteiger charge is 2.28. The van der Waals surface area contributed by atoms with E-state index in [9.17, 15) is 9.59 Å². The third kappa shape index (κ3) is 2.34. The zero-order valence-electron chi connectivity index (χ0n) is 8.41. The Bertz CT molecular complexity index is 267. The maximum atomic E-state index is 11.3. The summed E-state index contributed by atoms with van der Waals surface area (Å²) in [4.78, 5) is 22.4. The normalized spacial score (nSPS) is 20.1. The first-order valence-electron chi connectivity index (χ1n) is 4.63.